The van der Waals surface area contributed by atoms with Gasteiger partial charge in [-0.15, -0.1) is 0 Å². The number of hydrogen-bond donors (Lipinski definition) is 1. The number of amides is 1. The Bertz CT molecular complexity index is 511. The monoisotopic (exact) mass is 357 g/mol. The Labute approximate surface area is 133 Å². The number of aldehydes is 1. The predicted molar refractivity (Wildman–Crippen MR) is 83.5 cm³/mol. The molecule has 1 aromatic carbocycles. The highest BCUT2D eigenvalue weighted by molar-refractivity contribution is 9.10. The minimum atomic E-state index is -0.590. The zero-order chi connectivity index (χ0) is 16.0. The van der Waals surface area contributed by atoms with Gasteiger partial charge in [-0.25, -0.2) is 4.79 Å². The van der Waals surface area contributed by atoms with Gasteiger partial charge in [0.1, 0.15) is 17.6 Å². The summed E-state index contributed by atoms with van der Waals surface area (Å²) in [6.07, 6.45) is 0.361. The van der Waals surface area contributed by atoms with Crippen LogP contribution in [-0.4, -0.2) is 25.1 Å². The summed E-state index contributed by atoms with van der Waals surface area (Å²) in [6.45, 7) is 5.35. The van der Waals surface area contributed by atoms with E-state index in [-0.39, 0.29) is 6.42 Å². The molecule has 0 bridgehead atoms. The number of ether oxygens (including phenoxy) is 2. The van der Waals surface area contributed by atoms with Gasteiger partial charge in [-0.3, -0.25) is 0 Å². The summed E-state index contributed by atoms with van der Waals surface area (Å²) in [6, 6.07) is 4.89. The van der Waals surface area contributed by atoms with Gasteiger partial charge in [-0.2, -0.15) is 0 Å². The molecule has 0 heterocycles. The molecule has 0 aromatic heterocycles. The van der Waals surface area contributed by atoms with Crippen molar-refractivity contribution < 1.29 is 19.1 Å². The summed E-state index contributed by atoms with van der Waals surface area (Å²) in [5, 5.41) is 2.71. The van der Waals surface area contributed by atoms with Crippen molar-refractivity contribution in [1.82, 2.24) is 5.32 Å². The lowest BCUT2D eigenvalue weighted by Gasteiger charge is -2.23. The van der Waals surface area contributed by atoms with Crippen LogP contribution < -0.4 is 10.1 Å². The maximum absolute atomic E-state index is 11.9. The first-order valence-corrected chi connectivity index (χ1v) is 7.32. The summed E-state index contributed by atoms with van der Waals surface area (Å²) in [5.41, 5.74) is 0.196. The molecule has 6 heteroatoms. The lowest BCUT2D eigenvalue weighted by molar-refractivity contribution is -0.108. The fraction of sp³-hybridized carbons (Fsp3) is 0.467. The van der Waals surface area contributed by atoms with Crippen LogP contribution in [0, 0.1) is 0 Å². The Morgan fingerprint density at radius 1 is 1.43 bits per heavy atom. The van der Waals surface area contributed by atoms with E-state index in [9.17, 15) is 9.59 Å². The highest BCUT2D eigenvalue weighted by atomic mass is 79.9. The number of carbonyl (C=O) groups excluding carboxylic acids is 2. The van der Waals surface area contributed by atoms with Crippen LogP contribution in [0.1, 0.15) is 38.8 Å². The smallest absolute Gasteiger partial charge is 0.408 e. The molecule has 0 aliphatic heterocycles. The third-order valence-electron chi connectivity index (χ3n) is 2.61. The van der Waals surface area contributed by atoms with Gasteiger partial charge in [-0.05, 0) is 38.5 Å². The summed E-state index contributed by atoms with van der Waals surface area (Å²) in [5.74, 6) is 0.688. The lowest BCUT2D eigenvalue weighted by atomic mass is 10.0. The van der Waals surface area contributed by atoms with E-state index in [0.717, 1.165) is 16.3 Å². The van der Waals surface area contributed by atoms with Gasteiger partial charge in [-0.1, -0.05) is 22.0 Å². The Hall–Kier alpha value is -1.56. The van der Waals surface area contributed by atoms with Crippen LogP contribution in [0.15, 0.2) is 22.7 Å². The normalized spacial score (nSPS) is 12.4. The Morgan fingerprint density at radius 3 is 2.57 bits per heavy atom. The second-order valence-electron chi connectivity index (χ2n) is 5.49. The lowest BCUT2D eigenvalue weighted by Crippen LogP contribution is -2.35. The number of nitrogens with one attached hydrogen (secondary N) is 1. The molecular formula is C15H20BrNO4. The number of hydrogen-bond acceptors (Lipinski definition) is 4. The Kier molecular flexibility index (Phi) is 6.20. The second kappa shape index (κ2) is 7.45. The number of alkyl carbamates (subject to hydrolysis) is 1. The number of benzene rings is 1. The molecule has 0 unspecified atom stereocenters. The van der Waals surface area contributed by atoms with Crippen molar-refractivity contribution in [2.24, 2.45) is 0 Å². The molecule has 1 N–H and O–H groups in total. The summed E-state index contributed by atoms with van der Waals surface area (Å²) in [7, 11) is 1.57. The highest BCUT2D eigenvalue weighted by Gasteiger charge is 2.21. The molecule has 5 nitrogen and oxygen atoms in total. The van der Waals surface area contributed by atoms with Gasteiger partial charge < -0.3 is 19.6 Å². The molecule has 0 saturated heterocycles. The quantitative estimate of drug-likeness (QED) is 0.817. The van der Waals surface area contributed by atoms with E-state index < -0.39 is 17.7 Å². The Balaban J connectivity index is 2.91. The molecule has 0 spiro atoms. The average molecular weight is 358 g/mol. The minimum absolute atomic E-state index is 0.157. The van der Waals surface area contributed by atoms with Crippen molar-refractivity contribution in [3.63, 3.8) is 0 Å². The van der Waals surface area contributed by atoms with Crippen molar-refractivity contribution in [2.45, 2.75) is 38.8 Å². The van der Waals surface area contributed by atoms with Crippen LogP contribution in [-0.2, 0) is 9.53 Å². The molecule has 1 rings (SSSR count). The zero-order valence-corrected chi connectivity index (χ0v) is 14.2. The minimum Gasteiger partial charge on any atom is -0.497 e. The first kappa shape index (κ1) is 17.5. The standard InChI is InChI=1S/C15H20BrNO4/c1-15(2,3)21-14(19)17-13(7-8-18)11-6-5-10(20-4)9-12(11)16/h5-6,8-9,13H,7H2,1-4H3,(H,17,19)/t13-/m1/s1. The molecule has 116 valence electrons. The van der Waals surface area contributed by atoms with E-state index in [1.165, 1.54) is 0 Å². The van der Waals surface area contributed by atoms with Crippen LogP contribution in [0.2, 0.25) is 0 Å². The number of methoxy groups -OCH3 is 1. The molecule has 0 aliphatic rings. The van der Waals surface area contributed by atoms with Gasteiger partial charge in [0.25, 0.3) is 0 Å². The van der Waals surface area contributed by atoms with Gasteiger partial charge in [0.2, 0.25) is 0 Å². The van der Waals surface area contributed by atoms with E-state index in [1.54, 1.807) is 46.1 Å². The maximum Gasteiger partial charge on any atom is 0.408 e. The van der Waals surface area contributed by atoms with Crippen LogP contribution in [0.3, 0.4) is 0 Å². The zero-order valence-electron chi connectivity index (χ0n) is 12.6. The SMILES string of the molecule is COc1ccc([C@@H](CC=O)NC(=O)OC(C)(C)C)c(Br)c1. The van der Waals surface area contributed by atoms with E-state index in [4.69, 9.17) is 9.47 Å². The molecule has 0 saturated carbocycles. The Morgan fingerprint density at radius 2 is 2.10 bits per heavy atom. The molecular weight excluding hydrogens is 338 g/mol. The van der Waals surface area contributed by atoms with Gasteiger partial charge in [0, 0.05) is 10.9 Å². The average Bonchev–Trinajstić information content (AvgIpc) is 2.35. The predicted octanol–water partition coefficient (Wildman–Crippen LogP) is 3.61. The molecule has 1 aromatic rings. The van der Waals surface area contributed by atoms with E-state index in [2.05, 4.69) is 21.2 Å². The van der Waals surface area contributed by atoms with Crippen LogP contribution >= 0.6 is 15.9 Å². The first-order valence-electron chi connectivity index (χ1n) is 6.53. The van der Waals surface area contributed by atoms with Crippen molar-refractivity contribution in [3.8, 4) is 5.75 Å². The number of rotatable bonds is 5. The molecule has 0 aliphatic carbocycles. The third kappa shape index (κ3) is 5.75. The third-order valence-corrected chi connectivity index (χ3v) is 3.29. The van der Waals surface area contributed by atoms with Crippen molar-refractivity contribution >= 4 is 28.3 Å². The summed E-state index contributed by atoms with van der Waals surface area (Å²) >= 11 is 3.42. The van der Waals surface area contributed by atoms with Gasteiger partial charge in [0.05, 0.1) is 13.2 Å². The molecule has 1 atom stereocenters. The molecule has 1 amide bonds. The van der Waals surface area contributed by atoms with E-state index in [0.29, 0.717) is 5.75 Å². The summed E-state index contributed by atoms with van der Waals surface area (Å²) < 4.78 is 11.1. The second-order valence-corrected chi connectivity index (χ2v) is 6.34. The van der Waals surface area contributed by atoms with Crippen molar-refractivity contribution in [1.29, 1.82) is 0 Å². The topological polar surface area (TPSA) is 64.6 Å². The fourth-order valence-electron chi connectivity index (χ4n) is 1.73. The van der Waals surface area contributed by atoms with E-state index >= 15 is 0 Å². The largest absolute Gasteiger partial charge is 0.497 e. The van der Waals surface area contributed by atoms with Crippen LogP contribution in [0.25, 0.3) is 0 Å². The van der Waals surface area contributed by atoms with Gasteiger partial charge in [0.15, 0.2) is 0 Å². The maximum atomic E-state index is 11.9. The fourth-order valence-corrected chi connectivity index (χ4v) is 2.36. The van der Waals surface area contributed by atoms with Crippen LogP contribution in [0.5, 0.6) is 5.75 Å². The number of carbonyl (C=O) groups is 2. The molecule has 0 fully saturated rings. The van der Waals surface area contributed by atoms with Crippen molar-refractivity contribution in [2.75, 3.05) is 7.11 Å². The molecule has 21 heavy (non-hydrogen) atoms. The highest BCUT2D eigenvalue weighted by Crippen LogP contribution is 2.29. The first-order chi connectivity index (χ1) is 9.76. The summed E-state index contributed by atoms with van der Waals surface area (Å²) in [4.78, 5) is 22.7. The van der Waals surface area contributed by atoms with Gasteiger partial charge >= 0.3 is 6.09 Å². The van der Waals surface area contributed by atoms with Crippen molar-refractivity contribution in [3.05, 3.63) is 28.2 Å². The van der Waals surface area contributed by atoms with Crippen LogP contribution in [0.4, 0.5) is 4.79 Å². The number of halogens is 1. The molecule has 0 radical (unpaired) electrons. The van der Waals surface area contributed by atoms with E-state index in [1.807, 2.05) is 0 Å².